The minimum atomic E-state index is 0.327. The summed E-state index contributed by atoms with van der Waals surface area (Å²) >= 11 is 0. The van der Waals surface area contributed by atoms with Gasteiger partial charge in [0.05, 0.1) is 13.2 Å². The molecule has 3 heteroatoms. The van der Waals surface area contributed by atoms with Crippen molar-refractivity contribution in [3.05, 3.63) is 47.8 Å². The van der Waals surface area contributed by atoms with E-state index in [0.29, 0.717) is 6.04 Å². The highest BCUT2D eigenvalue weighted by molar-refractivity contribution is 5.29. The summed E-state index contributed by atoms with van der Waals surface area (Å²) in [5, 5.41) is 4.63. The third kappa shape index (κ3) is 4.12. The Kier molecular flexibility index (Phi) is 6.50. The van der Waals surface area contributed by atoms with E-state index in [4.69, 9.17) is 4.74 Å². The average molecular weight is 300 g/mol. The number of rotatable bonds is 9. The highest BCUT2D eigenvalue weighted by atomic mass is 16.5. The molecule has 0 spiro atoms. The lowest BCUT2D eigenvalue weighted by Gasteiger charge is -2.21. The largest absolute Gasteiger partial charge is 0.497 e. The third-order valence-corrected chi connectivity index (χ3v) is 4.17. The number of benzene rings is 1. The Morgan fingerprint density at radius 3 is 2.41 bits per heavy atom. The fourth-order valence-corrected chi connectivity index (χ4v) is 2.83. The topological polar surface area (TPSA) is 27.1 Å². The van der Waals surface area contributed by atoms with Crippen LogP contribution < -0.4 is 4.74 Å². The fourth-order valence-electron chi connectivity index (χ4n) is 2.83. The predicted octanol–water partition coefficient (Wildman–Crippen LogP) is 5.01. The van der Waals surface area contributed by atoms with Gasteiger partial charge < -0.3 is 4.74 Å². The molecule has 0 aliphatic carbocycles. The molecule has 0 amide bonds. The second-order valence-electron chi connectivity index (χ2n) is 5.80. The first-order valence-corrected chi connectivity index (χ1v) is 8.46. The van der Waals surface area contributed by atoms with Crippen LogP contribution in [-0.2, 0) is 6.42 Å². The summed E-state index contributed by atoms with van der Waals surface area (Å²) in [5.74, 6) is 0.907. The zero-order chi connectivity index (χ0) is 15.8. The van der Waals surface area contributed by atoms with E-state index in [1.165, 1.54) is 36.9 Å². The molecule has 120 valence electrons. The van der Waals surface area contributed by atoms with Crippen LogP contribution in [0.4, 0.5) is 0 Å². The molecule has 1 atom stereocenters. The van der Waals surface area contributed by atoms with E-state index >= 15 is 0 Å². The summed E-state index contributed by atoms with van der Waals surface area (Å²) in [7, 11) is 1.71. The maximum atomic E-state index is 5.28. The van der Waals surface area contributed by atoms with E-state index in [-0.39, 0.29) is 0 Å². The lowest BCUT2D eigenvalue weighted by Crippen LogP contribution is -2.15. The zero-order valence-electron chi connectivity index (χ0n) is 14.1. The molecular formula is C19H28N2O. The van der Waals surface area contributed by atoms with Crippen molar-refractivity contribution in [2.75, 3.05) is 7.11 Å². The molecule has 0 aliphatic rings. The van der Waals surface area contributed by atoms with Gasteiger partial charge in [-0.15, -0.1) is 0 Å². The fraction of sp³-hybridized carbons (Fsp3) is 0.526. The summed E-state index contributed by atoms with van der Waals surface area (Å²) in [4.78, 5) is 0. The van der Waals surface area contributed by atoms with Crippen molar-refractivity contribution in [1.29, 1.82) is 0 Å². The highest BCUT2D eigenvalue weighted by Crippen LogP contribution is 2.27. The third-order valence-electron chi connectivity index (χ3n) is 4.17. The SMILES string of the molecule is CCCCc1ccnn1C(CCCC)c1ccc(OC)cc1. The smallest absolute Gasteiger partial charge is 0.118 e. The Balaban J connectivity index is 2.26. The maximum absolute atomic E-state index is 5.28. The molecule has 1 heterocycles. The Morgan fingerprint density at radius 2 is 1.77 bits per heavy atom. The number of hydrogen-bond acceptors (Lipinski definition) is 2. The molecule has 0 radical (unpaired) electrons. The Bertz CT molecular complexity index is 545. The van der Waals surface area contributed by atoms with Crippen LogP contribution in [0.1, 0.15) is 63.3 Å². The Morgan fingerprint density at radius 1 is 1.05 bits per heavy atom. The Labute approximate surface area is 134 Å². The Hall–Kier alpha value is -1.77. The first kappa shape index (κ1) is 16.6. The van der Waals surface area contributed by atoms with Crippen molar-refractivity contribution in [2.24, 2.45) is 0 Å². The summed E-state index contributed by atoms with van der Waals surface area (Å²) in [6.45, 7) is 4.48. The van der Waals surface area contributed by atoms with E-state index in [0.717, 1.165) is 18.6 Å². The molecule has 2 aromatic rings. The second-order valence-corrected chi connectivity index (χ2v) is 5.80. The van der Waals surface area contributed by atoms with Crippen LogP contribution in [0.25, 0.3) is 0 Å². The summed E-state index contributed by atoms with van der Waals surface area (Å²) in [6, 6.07) is 10.9. The van der Waals surface area contributed by atoms with Crippen LogP contribution in [0.15, 0.2) is 36.5 Å². The number of ether oxygens (including phenoxy) is 1. The van der Waals surface area contributed by atoms with E-state index < -0.39 is 0 Å². The molecule has 0 bridgehead atoms. The van der Waals surface area contributed by atoms with Crippen molar-refractivity contribution in [3.8, 4) is 5.75 Å². The van der Waals surface area contributed by atoms with Crippen LogP contribution in [0, 0.1) is 0 Å². The van der Waals surface area contributed by atoms with Crippen LogP contribution in [-0.4, -0.2) is 16.9 Å². The van der Waals surface area contributed by atoms with Gasteiger partial charge in [0.1, 0.15) is 5.75 Å². The van der Waals surface area contributed by atoms with Gasteiger partial charge in [0.25, 0.3) is 0 Å². The summed E-state index contributed by atoms with van der Waals surface area (Å²) < 4.78 is 7.50. The van der Waals surface area contributed by atoms with Crippen LogP contribution >= 0.6 is 0 Å². The number of aryl methyl sites for hydroxylation is 1. The highest BCUT2D eigenvalue weighted by Gasteiger charge is 2.17. The van der Waals surface area contributed by atoms with Crippen molar-refractivity contribution in [2.45, 2.75) is 58.4 Å². The maximum Gasteiger partial charge on any atom is 0.118 e. The zero-order valence-corrected chi connectivity index (χ0v) is 14.1. The van der Waals surface area contributed by atoms with Gasteiger partial charge in [0, 0.05) is 11.9 Å². The molecule has 22 heavy (non-hydrogen) atoms. The molecule has 0 aliphatic heterocycles. The van der Waals surface area contributed by atoms with Gasteiger partial charge in [-0.05, 0) is 43.0 Å². The number of hydrogen-bond donors (Lipinski definition) is 0. The summed E-state index contributed by atoms with van der Waals surface area (Å²) in [5.41, 5.74) is 2.66. The predicted molar refractivity (Wildman–Crippen MR) is 91.5 cm³/mol. The van der Waals surface area contributed by atoms with Gasteiger partial charge >= 0.3 is 0 Å². The first-order chi connectivity index (χ1) is 10.8. The molecule has 0 fully saturated rings. The molecule has 1 aromatic heterocycles. The molecule has 0 saturated heterocycles. The van der Waals surface area contributed by atoms with E-state index in [2.05, 4.69) is 41.8 Å². The lowest BCUT2D eigenvalue weighted by atomic mass is 10.0. The molecule has 2 rings (SSSR count). The number of unbranched alkanes of at least 4 members (excludes halogenated alkanes) is 2. The molecule has 1 unspecified atom stereocenters. The lowest BCUT2D eigenvalue weighted by molar-refractivity contribution is 0.413. The van der Waals surface area contributed by atoms with Crippen molar-refractivity contribution >= 4 is 0 Å². The second kappa shape index (κ2) is 8.62. The molecule has 0 saturated carbocycles. The van der Waals surface area contributed by atoms with E-state index in [1.54, 1.807) is 7.11 Å². The quantitative estimate of drug-likeness (QED) is 0.650. The molecule has 3 nitrogen and oxygen atoms in total. The van der Waals surface area contributed by atoms with Crippen LogP contribution in [0.3, 0.4) is 0 Å². The van der Waals surface area contributed by atoms with Gasteiger partial charge in [0.2, 0.25) is 0 Å². The van der Waals surface area contributed by atoms with Gasteiger partial charge in [-0.3, -0.25) is 4.68 Å². The number of aromatic nitrogens is 2. The minimum Gasteiger partial charge on any atom is -0.497 e. The van der Waals surface area contributed by atoms with Gasteiger partial charge in [0.15, 0.2) is 0 Å². The van der Waals surface area contributed by atoms with Crippen molar-refractivity contribution in [3.63, 3.8) is 0 Å². The summed E-state index contributed by atoms with van der Waals surface area (Å²) in [6.07, 6.45) is 9.02. The number of nitrogens with zero attached hydrogens (tertiary/aromatic N) is 2. The number of methoxy groups -OCH3 is 1. The van der Waals surface area contributed by atoms with E-state index in [1.807, 2.05) is 18.3 Å². The minimum absolute atomic E-state index is 0.327. The van der Waals surface area contributed by atoms with Crippen LogP contribution in [0.2, 0.25) is 0 Å². The van der Waals surface area contributed by atoms with Gasteiger partial charge in [-0.1, -0.05) is 45.2 Å². The van der Waals surface area contributed by atoms with Gasteiger partial charge in [-0.25, -0.2) is 0 Å². The van der Waals surface area contributed by atoms with E-state index in [9.17, 15) is 0 Å². The van der Waals surface area contributed by atoms with Gasteiger partial charge in [-0.2, -0.15) is 5.10 Å². The normalized spacial score (nSPS) is 12.3. The van der Waals surface area contributed by atoms with Crippen LogP contribution in [0.5, 0.6) is 5.75 Å². The van der Waals surface area contributed by atoms with Crippen molar-refractivity contribution < 1.29 is 4.74 Å². The monoisotopic (exact) mass is 300 g/mol. The molecule has 1 aromatic carbocycles. The molecule has 0 N–H and O–H groups in total. The molecular weight excluding hydrogens is 272 g/mol. The van der Waals surface area contributed by atoms with Crippen molar-refractivity contribution in [1.82, 2.24) is 9.78 Å². The average Bonchev–Trinajstić information content (AvgIpc) is 3.02. The standard InChI is InChI=1S/C19H28N2O/c1-4-6-8-17-14-15-20-21(17)19(9-7-5-2)16-10-12-18(22-3)13-11-16/h10-15,19H,4-9H2,1-3H3. The first-order valence-electron chi connectivity index (χ1n) is 8.46.